The van der Waals surface area contributed by atoms with Gasteiger partial charge >= 0.3 is 0 Å². The lowest BCUT2D eigenvalue weighted by molar-refractivity contribution is 1.54. The van der Waals surface area contributed by atoms with Gasteiger partial charge in [-0.2, -0.15) is 0 Å². The maximum atomic E-state index is 5.61. The second-order valence-corrected chi connectivity index (χ2v) is 2.07. The van der Waals surface area contributed by atoms with Crippen molar-refractivity contribution in [2.45, 2.75) is 0 Å². The molecule has 1 aromatic rings. The second-order valence-electron chi connectivity index (χ2n) is 2.07. The van der Waals surface area contributed by atoms with E-state index in [9.17, 15) is 0 Å². The maximum absolute atomic E-state index is 5.61. The Morgan fingerprint density at radius 3 is 2.73 bits per heavy atom. The van der Waals surface area contributed by atoms with Gasteiger partial charge in [0.15, 0.2) is 0 Å². The van der Waals surface area contributed by atoms with E-state index in [-0.39, 0.29) is 0 Å². The summed E-state index contributed by atoms with van der Waals surface area (Å²) in [6.07, 6.45) is 3.23. The highest BCUT2D eigenvalue weighted by atomic mass is 14.8. The maximum Gasteiger partial charge on any atom is 0.0858 e. The Bertz CT molecular complexity index is 277. The number of nitrogens with two attached hydrogens (primary N) is 1. The smallest absolute Gasteiger partial charge is 0.0858 e. The molecule has 1 aromatic carbocycles. The third kappa shape index (κ3) is 1.93. The highest BCUT2D eigenvalue weighted by Crippen LogP contribution is 2.19. The van der Waals surface area contributed by atoms with Crippen LogP contribution in [-0.4, -0.2) is 6.21 Å². The molecule has 2 N–H and O–H groups in total. The lowest BCUT2D eigenvalue weighted by Gasteiger charge is -1.95. The fourth-order valence-electron chi connectivity index (χ4n) is 0.738. The minimum atomic E-state index is 0.686. The number of para-hydroxylation sites is 2. The number of allylic oxidation sites excluding steroid dienone is 1. The minimum absolute atomic E-state index is 0.686. The van der Waals surface area contributed by atoms with Gasteiger partial charge < -0.3 is 5.73 Å². The predicted molar refractivity (Wildman–Crippen MR) is 49.2 cm³/mol. The van der Waals surface area contributed by atoms with Crippen molar-refractivity contribution in [3.05, 3.63) is 36.9 Å². The van der Waals surface area contributed by atoms with Crippen molar-refractivity contribution in [2.75, 3.05) is 5.73 Å². The van der Waals surface area contributed by atoms with Crippen LogP contribution in [-0.2, 0) is 0 Å². The largest absolute Gasteiger partial charge is 0.397 e. The van der Waals surface area contributed by atoms with Crippen LogP contribution in [0.25, 0.3) is 0 Å². The quantitative estimate of drug-likeness (QED) is 0.504. The Hall–Kier alpha value is -1.57. The molecule has 0 heterocycles. The number of benzene rings is 1. The molecule has 0 amide bonds. The van der Waals surface area contributed by atoms with Crippen LogP contribution in [0.2, 0.25) is 0 Å². The van der Waals surface area contributed by atoms with Gasteiger partial charge in [0.05, 0.1) is 11.4 Å². The molecule has 1 rings (SSSR count). The minimum Gasteiger partial charge on any atom is -0.397 e. The fraction of sp³-hybridized carbons (Fsp3) is 0. The molecular formula is C9H10N2. The van der Waals surface area contributed by atoms with Crippen molar-refractivity contribution in [2.24, 2.45) is 4.99 Å². The summed E-state index contributed by atoms with van der Waals surface area (Å²) in [6, 6.07) is 7.44. The fourth-order valence-corrected chi connectivity index (χ4v) is 0.738. The van der Waals surface area contributed by atoms with Gasteiger partial charge in [0.2, 0.25) is 0 Å². The van der Waals surface area contributed by atoms with Crippen LogP contribution in [0.5, 0.6) is 0 Å². The third-order valence-electron chi connectivity index (χ3n) is 1.26. The predicted octanol–water partition coefficient (Wildman–Crippen LogP) is 2.16. The molecule has 11 heavy (non-hydrogen) atoms. The lowest BCUT2D eigenvalue weighted by atomic mass is 10.3. The zero-order valence-electron chi connectivity index (χ0n) is 6.20. The van der Waals surface area contributed by atoms with Crippen molar-refractivity contribution >= 4 is 17.6 Å². The van der Waals surface area contributed by atoms with Crippen LogP contribution >= 0.6 is 0 Å². The van der Waals surface area contributed by atoms with E-state index in [2.05, 4.69) is 11.6 Å². The summed E-state index contributed by atoms with van der Waals surface area (Å²) in [5.41, 5.74) is 7.08. The molecule has 0 fully saturated rings. The molecule has 0 radical (unpaired) electrons. The summed E-state index contributed by atoms with van der Waals surface area (Å²) >= 11 is 0. The number of nitrogen functional groups attached to an aromatic ring is 1. The van der Waals surface area contributed by atoms with Crippen molar-refractivity contribution < 1.29 is 0 Å². The summed E-state index contributed by atoms with van der Waals surface area (Å²) in [5, 5.41) is 0. The standard InChI is InChI=1S/C9H10N2/c1-2-7-11-9-6-4-3-5-8(9)10/h2-7H,1,10H2/b11-7-. The van der Waals surface area contributed by atoms with E-state index in [0.29, 0.717) is 5.69 Å². The molecule has 0 aromatic heterocycles. The third-order valence-corrected chi connectivity index (χ3v) is 1.26. The number of rotatable bonds is 2. The van der Waals surface area contributed by atoms with Crippen LogP contribution in [0, 0.1) is 0 Å². The normalized spacial score (nSPS) is 10.2. The van der Waals surface area contributed by atoms with Gasteiger partial charge in [0.1, 0.15) is 0 Å². The summed E-state index contributed by atoms with van der Waals surface area (Å²) in [4.78, 5) is 4.06. The molecule has 0 atom stereocenters. The summed E-state index contributed by atoms with van der Waals surface area (Å²) in [6.45, 7) is 3.52. The lowest BCUT2D eigenvalue weighted by Crippen LogP contribution is -1.83. The van der Waals surface area contributed by atoms with E-state index in [1.54, 1.807) is 12.3 Å². The van der Waals surface area contributed by atoms with Gasteiger partial charge in [0.25, 0.3) is 0 Å². The first-order valence-corrected chi connectivity index (χ1v) is 3.34. The van der Waals surface area contributed by atoms with E-state index in [0.717, 1.165) is 5.69 Å². The second kappa shape index (κ2) is 3.56. The Kier molecular flexibility index (Phi) is 2.44. The Labute approximate surface area is 66.1 Å². The van der Waals surface area contributed by atoms with Crippen LogP contribution < -0.4 is 5.73 Å². The van der Waals surface area contributed by atoms with E-state index in [4.69, 9.17) is 5.73 Å². The molecule has 0 aliphatic rings. The SMILES string of the molecule is C=C/C=N\c1ccccc1N. The Balaban J connectivity index is 2.94. The highest BCUT2D eigenvalue weighted by molar-refractivity contribution is 5.77. The molecule has 56 valence electrons. The van der Waals surface area contributed by atoms with E-state index < -0.39 is 0 Å². The first-order valence-electron chi connectivity index (χ1n) is 3.34. The topological polar surface area (TPSA) is 38.4 Å². The summed E-state index contributed by atoms with van der Waals surface area (Å²) < 4.78 is 0. The summed E-state index contributed by atoms with van der Waals surface area (Å²) in [7, 11) is 0. The van der Waals surface area contributed by atoms with Crippen LogP contribution in [0.1, 0.15) is 0 Å². The van der Waals surface area contributed by atoms with Crippen molar-refractivity contribution in [3.63, 3.8) is 0 Å². The number of hydrogen-bond donors (Lipinski definition) is 1. The van der Waals surface area contributed by atoms with E-state index >= 15 is 0 Å². The molecule has 0 bridgehead atoms. The van der Waals surface area contributed by atoms with Gasteiger partial charge in [-0.05, 0) is 12.1 Å². The van der Waals surface area contributed by atoms with Gasteiger partial charge in [-0.15, -0.1) is 0 Å². The summed E-state index contributed by atoms with van der Waals surface area (Å²) in [5.74, 6) is 0. The Morgan fingerprint density at radius 2 is 2.09 bits per heavy atom. The molecule has 2 heteroatoms. The molecule has 2 nitrogen and oxygen atoms in total. The number of aliphatic imine (C=N–C) groups is 1. The molecular weight excluding hydrogens is 136 g/mol. The van der Waals surface area contributed by atoms with Crippen LogP contribution in [0.15, 0.2) is 41.9 Å². The first-order chi connectivity index (χ1) is 5.34. The zero-order valence-corrected chi connectivity index (χ0v) is 6.20. The average Bonchev–Trinajstić information content (AvgIpc) is 2.03. The monoisotopic (exact) mass is 146 g/mol. The number of hydrogen-bond acceptors (Lipinski definition) is 2. The van der Waals surface area contributed by atoms with Gasteiger partial charge in [0, 0.05) is 6.21 Å². The van der Waals surface area contributed by atoms with Crippen molar-refractivity contribution in [3.8, 4) is 0 Å². The first kappa shape index (κ1) is 7.54. The van der Waals surface area contributed by atoms with Crippen LogP contribution in [0.4, 0.5) is 11.4 Å². The zero-order chi connectivity index (χ0) is 8.10. The number of anilines is 1. The van der Waals surface area contributed by atoms with Gasteiger partial charge in [-0.1, -0.05) is 24.8 Å². The van der Waals surface area contributed by atoms with E-state index in [1.807, 2.05) is 24.3 Å². The molecule has 0 unspecified atom stereocenters. The van der Waals surface area contributed by atoms with Crippen LogP contribution in [0.3, 0.4) is 0 Å². The average molecular weight is 146 g/mol. The Morgan fingerprint density at radius 1 is 1.36 bits per heavy atom. The molecule has 0 saturated carbocycles. The molecule has 0 aliphatic heterocycles. The van der Waals surface area contributed by atoms with Crippen molar-refractivity contribution in [1.29, 1.82) is 0 Å². The molecule has 0 spiro atoms. The van der Waals surface area contributed by atoms with Gasteiger partial charge in [-0.3, -0.25) is 4.99 Å². The number of nitrogens with zero attached hydrogens (tertiary/aromatic N) is 1. The van der Waals surface area contributed by atoms with E-state index in [1.165, 1.54) is 0 Å². The highest BCUT2D eigenvalue weighted by Gasteiger charge is 1.90. The molecule has 0 saturated heterocycles. The van der Waals surface area contributed by atoms with Crippen molar-refractivity contribution in [1.82, 2.24) is 0 Å². The van der Waals surface area contributed by atoms with Gasteiger partial charge in [-0.25, -0.2) is 0 Å². The molecule has 0 aliphatic carbocycles.